The molecular weight excluding hydrogens is 208 g/mol. The number of carbonyl (C=O) groups is 1. The van der Waals surface area contributed by atoms with Crippen molar-refractivity contribution in [3.8, 4) is 0 Å². The maximum absolute atomic E-state index is 10.9. The first-order valence-electron chi connectivity index (χ1n) is 5.12. The summed E-state index contributed by atoms with van der Waals surface area (Å²) < 4.78 is 1.51. The number of carboxylic acid groups (broad SMARTS) is 1. The minimum atomic E-state index is -0.990. The standard InChI is InChI=1S/C10H10N4O2/c1-5-7(10(15)16)4-11-9-8(6-2-3-6)12-13-14(5)9/h4,6H,2-3H2,1H3,(H,15,16). The summed E-state index contributed by atoms with van der Waals surface area (Å²) in [4.78, 5) is 15.1. The Morgan fingerprint density at radius 3 is 2.94 bits per heavy atom. The van der Waals surface area contributed by atoms with Crippen molar-refractivity contribution in [1.29, 1.82) is 0 Å². The van der Waals surface area contributed by atoms with Gasteiger partial charge in [0.05, 0.1) is 11.3 Å². The molecule has 0 saturated heterocycles. The van der Waals surface area contributed by atoms with Gasteiger partial charge in [-0.2, -0.15) is 4.52 Å². The minimum Gasteiger partial charge on any atom is -0.478 e. The maximum atomic E-state index is 10.9. The zero-order valence-corrected chi connectivity index (χ0v) is 8.71. The lowest BCUT2D eigenvalue weighted by Crippen LogP contribution is -2.07. The molecule has 2 aromatic rings. The average molecular weight is 218 g/mol. The van der Waals surface area contributed by atoms with Crippen LogP contribution in [0.15, 0.2) is 6.20 Å². The van der Waals surface area contributed by atoms with Gasteiger partial charge in [0, 0.05) is 12.1 Å². The summed E-state index contributed by atoms with van der Waals surface area (Å²) in [6.07, 6.45) is 3.62. The highest BCUT2D eigenvalue weighted by molar-refractivity contribution is 5.88. The van der Waals surface area contributed by atoms with Crippen LogP contribution in [0.25, 0.3) is 5.65 Å². The predicted molar refractivity (Wildman–Crippen MR) is 54.5 cm³/mol. The average Bonchev–Trinajstić information content (AvgIpc) is 2.99. The summed E-state index contributed by atoms with van der Waals surface area (Å²) in [6.45, 7) is 1.71. The fraction of sp³-hybridized carbons (Fsp3) is 0.400. The summed E-state index contributed by atoms with van der Waals surface area (Å²) in [5.74, 6) is -0.532. The number of hydrogen-bond acceptors (Lipinski definition) is 4. The SMILES string of the molecule is Cc1c(C(=O)O)cnc2c(C3CC3)nnn12. The summed E-state index contributed by atoms with van der Waals surface area (Å²) in [5.41, 5.74) is 2.31. The molecule has 1 saturated carbocycles. The number of nitrogens with zero attached hydrogens (tertiary/aromatic N) is 4. The number of rotatable bonds is 2. The van der Waals surface area contributed by atoms with Crippen molar-refractivity contribution in [1.82, 2.24) is 19.8 Å². The lowest BCUT2D eigenvalue weighted by atomic mass is 10.2. The zero-order chi connectivity index (χ0) is 11.3. The number of aryl methyl sites for hydroxylation is 1. The van der Waals surface area contributed by atoms with Gasteiger partial charge in [-0.15, -0.1) is 5.10 Å². The molecule has 0 spiro atoms. The molecule has 2 aromatic heterocycles. The van der Waals surface area contributed by atoms with Crippen LogP contribution < -0.4 is 0 Å². The molecule has 1 N–H and O–H groups in total. The third kappa shape index (κ3) is 1.19. The monoisotopic (exact) mass is 218 g/mol. The lowest BCUT2D eigenvalue weighted by molar-refractivity contribution is 0.0695. The van der Waals surface area contributed by atoms with Crippen LogP contribution in [-0.2, 0) is 0 Å². The van der Waals surface area contributed by atoms with E-state index < -0.39 is 5.97 Å². The van der Waals surface area contributed by atoms with Gasteiger partial charge in [0.1, 0.15) is 5.69 Å². The Labute approximate surface area is 90.9 Å². The Bertz CT molecular complexity index is 586. The molecule has 0 aliphatic heterocycles. The van der Waals surface area contributed by atoms with E-state index in [9.17, 15) is 4.79 Å². The van der Waals surface area contributed by atoms with Gasteiger partial charge in [-0.1, -0.05) is 5.21 Å². The van der Waals surface area contributed by atoms with Crippen molar-refractivity contribution in [3.63, 3.8) is 0 Å². The van der Waals surface area contributed by atoms with Crippen LogP contribution in [0.5, 0.6) is 0 Å². The van der Waals surface area contributed by atoms with Gasteiger partial charge in [-0.05, 0) is 19.8 Å². The molecule has 0 bridgehead atoms. The first kappa shape index (κ1) is 9.26. The van der Waals surface area contributed by atoms with Crippen molar-refractivity contribution in [2.75, 3.05) is 0 Å². The number of carboxylic acids is 1. The summed E-state index contributed by atoms with van der Waals surface area (Å²) >= 11 is 0. The molecule has 1 aliphatic rings. The van der Waals surface area contributed by atoms with Gasteiger partial charge in [0.15, 0.2) is 5.65 Å². The lowest BCUT2D eigenvalue weighted by Gasteiger charge is -2.01. The Balaban J connectivity index is 2.25. The molecule has 2 heterocycles. The largest absolute Gasteiger partial charge is 0.478 e. The van der Waals surface area contributed by atoms with Crippen molar-refractivity contribution in [3.05, 3.63) is 23.1 Å². The topological polar surface area (TPSA) is 80.4 Å². The second kappa shape index (κ2) is 3.01. The Morgan fingerprint density at radius 2 is 2.31 bits per heavy atom. The summed E-state index contributed by atoms with van der Waals surface area (Å²) in [6, 6.07) is 0. The van der Waals surface area contributed by atoms with Gasteiger partial charge >= 0.3 is 5.97 Å². The van der Waals surface area contributed by atoms with E-state index in [-0.39, 0.29) is 5.56 Å². The highest BCUT2D eigenvalue weighted by Crippen LogP contribution is 2.40. The predicted octanol–water partition coefficient (Wildman–Crippen LogP) is 1.01. The van der Waals surface area contributed by atoms with Crippen molar-refractivity contribution >= 4 is 11.6 Å². The molecular formula is C10H10N4O2. The molecule has 0 unspecified atom stereocenters. The normalized spacial score (nSPS) is 15.6. The number of aromatic nitrogens is 4. The van der Waals surface area contributed by atoms with Gasteiger partial charge in [-0.25, -0.2) is 9.78 Å². The minimum absolute atomic E-state index is 0.166. The molecule has 0 aromatic carbocycles. The number of fused-ring (bicyclic) bond motifs is 1. The second-order valence-electron chi connectivity index (χ2n) is 4.05. The van der Waals surface area contributed by atoms with Crippen LogP contribution >= 0.6 is 0 Å². The van der Waals surface area contributed by atoms with Gasteiger partial charge in [0.2, 0.25) is 0 Å². The molecule has 6 heteroatoms. The van der Waals surface area contributed by atoms with E-state index in [0.717, 1.165) is 18.5 Å². The summed E-state index contributed by atoms with van der Waals surface area (Å²) in [5, 5.41) is 17.0. The van der Waals surface area contributed by atoms with Gasteiger partial charge in [-0.3, -0.25) is 0 Å². The van der Waals surface area contributed by atoms with Crippen molar-refractivity contribution in [2.45, 2.75) is 25.7 Å². The quantitative estimate of drug-likeness (QED) is 0.813. The van der Waals surface area contributed by atoms with E-state index in [0.29, 0.717) is 17.3 Å². The third-order valence-corrected chi connectivity index (χ3v) is 2.89. The third-order valence-electron chi connectivity index (χ3n) is 2.89. The van der Waals surface area contributed by atoms with Gasteiger partial charge in [0.25, 0.3) is 0 Å². The highest BCUT2D eigenvalue weighted by Gasteiger charge is 2.30. The van der Waals surface area contributed by atoms with E-state index in [1.165, 1.54) is 10.7 Å². The Morgan fingerprint density at radius 1 is 1.56 bits per heavy atom. The van der Waals surface area contributed by atoms with E-state index in [1.54, 1.807) is 6.92 Å². The van der Waals surface area contributed by atoms with Crippen molar-refractivity contribution < 1.29 is 9.90 Å². The molecule has 1 fully saturated rings. The fourth-order valence-corrected chi connectivity index (χ4v) is 1.80. The summed E-state index contributed by atoms with van der Waals surface area (Å²) in [7, 11) is 0. The van der Waals surface area contributed by atoms with Crippen LogP contribution in [-0.4, -0.2) is 30.9 Å². The van der Waals surface area contributed by atoms with Crippen LogP contribution in [0, 0.1) is 6.92 Å². The molecule has 0 atom stereocenters. The van der Waals surface area contributed by atoms with E-state index in [2.05, 4.69) is 15.3 Å². The van der Waals surface area contributed by atoms with Gasteiger partial charge < -0.3 is 5.11 Å². The Hall–Kier alpha value is -1.98. The molecule has 0 radical (unpaired) electrons. The molecule has 16 heavy (non-hydrogen) atoms. The molecule has 6 nitrogen and oxygen atoms in total. The van der Waals surface area contributed by atoms with Crippen LogP contribution in [0.1, 0.15) is 40.5 Å². The van der Waals surface area contributed by atoms with E-state index >= 15 is 0 Å². The smallest absolute Gasteiger partial charge is 0.339 e. The first-order chi connectivity index (χ1) is 7.68. The number of hydrogen-bond donors (Lipinski definition) is 1. The molecule has 3 rings (SSSR count). The van der Waals surface area contributed by atoms with Crippen molar-refractivity contribution in [2.24, 2.45) is 0 Å². The van der Waals surface area contributed by atoms with E-state index in [1.807, 2.05) is 0 Å². The second-order valence-corrected chi connectivity index (χ2v) is 4.05. The van der Waals surface area contributed by atoms with Crippen LogP contribution in [0.3, 0.4) is 0 Å². The fourth-order valence-electron chi connectivity index (χ4n) is 1.80. The molecule has 0 amide bonds. The maximum Gasteiger partial charge on any atom is 0.339 e. The van der Waals surface area contributed by atoms with Crippen LogP contribution in [0.4, 0.5) is 0 Å². The van der Waals surface area contributed by atoms with E-state index in [4.69, 9.17) is 5.11 Å². The first-order valence-corrected chi connectivity index (χ1v) is 5.12. The Kier molecular flexibility index (Phi) is 1.74. The molecule has 1 aliphatic carbocycles. The number of aromatic carboxylic acids is 1. The zero-order valence-electron chi connectivity index (χ0n) is 8.71. The van der Waals surface area contributed by atoms with Crippen LogP contribution in [0.2, 0.25) is 0 Å². The highest BCUT2D eigenvalue weighted by atomic mass is 16.4. The molecule has 82 valence electrons.